The van der Waals surface area contributed by atoms with Crippen LogP contribution in [0.2, 0.25) is 5.02 Å². The van der Waals surface area contributed by atoms with Crippen LogP contribution in [0.5, 0.6) is 5.75 Å². The van der Waals surface area contributed by atoms with E-state index in [1.165, 1.54) is 19.2 Å². The molecular weight excluding hydrogens is 268 g/mol. The third-order valence-electron chi connectivity index (χ3n) is 3.13. The van der Waals surface area contributed by atoms with Crippen LogP contribution in [0, 0.1) is 10.1 Å². The molecular formula is C13H15ClN2O3. The molecule has 19 heavy (non-hydrogen) atoms. The smallest absolute Gasteiger partial charge is 0.278 e. The number of benzene rings is 1. The molecule has 0 atom stereocenters. The van der Waals surface area contributed by atoms with Gasteiger partial charge in [-0.1, -0.05) is 11.6 Å². The Morgan fingerprint density at radius 2 is 2.11 bits per heavy atom. The molecule has 0 aromatic heterocycles. The first kappa shape index (κ1) is 13.7. The third kappa shape index (κ3) is 2.98. The minimum absolute atomic E-state index is 0.0127. The minimum Gasteiger partial charge on any atom is -0.495 e. The lowest BCUT2D eigenvalue weighted by atomic mass is 10.1. The van der Waals surface area contributed by atoms with Crippen LogP contribution in [-0.4, -0.2) is 30.0 Å². The van der Waals surface area contributed by atoms with E-state index in [4.69, 9.17) is 16.3 Å². The van der Waals surface area contributed by atoms with Gasteiger partial charge in [0.25, 0.3) is 5.69 Å². The summed E-state index contributed by atoms with van der Waals surface area (Å²) in [6, 6.07) is 2.92. The number of halogens is 1. The number of ether oxygens (including phenoxy) is 1. The number of hydrogen-bond acceptors (Lipinski definition) is 4. The highest BCUT2D eigenvalue weighted by Gasteiger charge is 2.18. The fourth-order valence-corrected chi connectivity index (χ4v) is 2.41. The van der Waals surface area contributed by atoms with Gasteiger partial charge in [0.15, 0.2) is 0 Å². The molecule has 0 unspecified atom stereocenters. The maximum atomic E-state index is 11.0. The minimum atomic E-state index is -0.436. The molecule has 0 radical (unpaired) electrons. The normalized spacial score (nSPS) is 15.2. The molecule has 6 heteroatoms. The zero-order valence-corrected chi connectivity index (χ0v) is 11.4. The summed E-state index contributed by atoms with van der Waals surface area (Å²) in [5, 5.41) is 11.3. The van der Waals surface area contributed by atoms with Gasteiger partial charge in [0.2, 0.25) is 0 Å². The summed E-state index contributed by atoms with van der Waals surface area (Å²) in [4.78, 5) is 12.7. The van der Waals surface area contributed by atoms with Gasteiger partial charge in [0.05, 0.1) is 22.6 Å². The number of hydrogen-bond donors (Lipinski definition) is 0. The summed E-state index contributed by atoms with van der Waals surface area (Å²) in [5.74, 6) is 0.438. The molecule has 1 aromatic rings. The van der Waals surface area contributed by atoms with E-state index in [-0.39, 0.29) is 10.7 Å². The van der Waals surface area contributed by atoms with Gasteiger partial charge < -0.3 is 9.64 Å². The van der Waals surface area contributed by atoms with Gasteiger partial charge in [-0.25, -0.2) is 0 Å². The Labute approximate surface area is 116 Å². The first-order chi connectivity index (χ1) is 9.13. The van der Waals surface area contributed by atoms with Crippen molar-refractivity contribution in [3.63, 3.8) is 0 Å². The molecule has 0 bridgehead atoms. The lowest BCUT2D eigenvalue weighted by molar-refractivity contribution is -0.385. The second kappa shape index (κ2) is 5.93. The van der Waals surface area contributed by atoms with Crippen molar-refractivity contribution in [2.24, 2.45) is 0 Å². The molecule has 0 aliphatic carbocycles. The number of rotatable bonds is 4. The Balaban J connectivity index is 2.37. The number of likely N-dealkylation sites (tertiary alicyclic amines) is 1. The van der Waals surface area contributed by atoms with E-state index >= 15 is 0 Å². The maximum absolute atomic E-state index is 11.0. The van der Waals surface area contributed by atoms with Gasteiger partial charge in [-0.15, -0.1) is 0 Å². The Hall–Kier alpha value is -1.75. The zero-order valence-electron chi connectivity index (χ0n) is 10.6. The summed E-state index contributed by atoms with van der Waals surface area (Å²) < 4.78 is 5.09. The van der Waals surface area contributed by atoms with Crippen molar-refractivity contribution < 1.29 is 9.66 Å². The molecule has 2 rings (SSSR count). The molecule has 102 valence electrons. The second-order valence-electron chi connectivity index (χ2n) is 4.33. The van der Waals surface area contributed by atoms with Crippen LogP contribution in [-0.2, 0) is 0 Å². The molecule has 0 N–H and O–H groups in total. The summed E-state index contributed by atoms with van der Waals surface area (Å²) in [6.07, 6.45) is 5.85. The molecule has 1 saturated heterocycles. The van der Waals surface area contributed by atoms with Gasteiger partial charge in [-0.05, 0) is 31.2 Å². The Kier molecular flexibility index (Phi) is 4.27. The summed E-state index contributed by atoms with van der Waals surface area (Å²) in [7, 11) is 1.49. The molecule has 5 nitrogen and oxygen atoms in total. The topological polar surface area (TPSA) is 55.6 Å². The van der Waals surface area contributed by atoms with Crippen LogP contribution >= 0.6 is 11.6 Å². The van der Waals surface area contributed by atoms with Crippen molar-refractivity contribution in [2.45, 2.75) is 12.8 Å². The molecule has 1 heterocycles. The highest BCUT2D eigenvalue weighted by atomic mass is 35.5. The maximum Gasteiger partial charge on any atom is 0.278 e. The standard InChI is InChI=1S/C13H15ClN2O3/c1-19-12-5-4-11(16(17)18)10(13(12)14)6-9-15-7-2-3-8-15/h4-6,9H,2-3,7-8H2,1H3/b9-6+. The fourth-order valence-electron chi connectivity index (χ4n) is 2.11. The van der Waals surface area contributed by atoms with Crippen molar-refractivity contribution in [1.29, 1.82) is 0 Å². The van der Waals surface area contributed by atoms with E-state index in [0.717, 1.165) is 25.9 Å². The average molecular weight is 283 g/mol. The highest BCUT2D eigenvalue weighted by molar-refractivity contribution is 6.34. The van der Waals surface area contributed by atoms with Gasteiger partial charge in [-0.2, -0.15) is 0 Å². The molecule has 1 aromatic carbocycles. The number of nitro groups is 1. The van der Waals surface area contributed by atoms with Crippen LogP contribution in [0.3, 0.4) is 0 Å². The van der Waals surface area contributed by atoms with Gasteiger partial charge >= 0.3 is 0 Å². The van der Waals surface area contributed by atoms with Crippen LogP contribution in [0.15, 0.2) is 18.3 Å². The van der Waals surface area contributed by atoms with E-state index in [1.54, 1.807) is 6.08 Å². The van der Waals surface area contributed by atoms with Crippen molar-refractivity contribution >= 4 is 23.4 Å². The van der Waals surface area contributed by atoms with Crippen LogP contribution in [0.4, 0.5) is 5.69 Å². The second-order valence-corrected chi connectivity index (χ2v) is 4.71. The number of methoxy groups -OCH3 is 1. The monoisotopic (exact) mass is 282 g/mol. The molecule has 1 aliphatic rings. The van der Waals surface area contributed by atoms with E-state index in [1.807, 2.05) is 6.20 Å². The van der Waals surface area contributed by atoms with Gasteiger partial charge in [-0.3, -0.25) is 10.1 Å². The SMILES string of the molecule is COc1ccc([N+](=O)[O-])c(/C=C/N2CCCC2)c1Cl. The van der Waals surface area contributed by atoms with Gasteiger partial charge in [0.1, 0.15) is 5.75 Å². The van der Waals surface area contributed by atoms with Crippen LogP contribution in [0.25, 0.3) is 6.08 Å². The summed E-state index contributed by atoms with van der Waals surface area (Å²) in [6.45, 7) is 1.96. The molecule has 0 amide bonds. The predicted octanol–water partition coefficient (Wildman–Crippen LogP) is 3.32. The Bertz CT molecular complexity index is 511. The van der Waals surface area contributed by atoms with Crippen molar-refractivity contribution in [3.8, 4) is 5.75 Å². The molecule has 1 fully saturated rings. The van der Waals surface area contributed by atoms with E-state index in [2.05, 4.69) is 4.90 Å². The number of nitro benzene ring substituents is 1. The summed E-state index contributed by atoms with van der Waals surface area (Å²) >= 11 is 6.14. The van der Waals surface area contributed by atoms with Crippen LogP contribution < -0.4 is 4.74 Å². The first-order valence-electron chi connectivity index (χ1n) is 6.06. The summed E-state index contributed by atoms with van der Waals surface area (Å²) in [5.41, 5.74) is 0.374. The van der Waals surface area contributed by atoms with Crippen molar-refractivity contribution in [1.82, 2.24) is 4.90 Å². The highest BCUT2D eigenvalue weighted by Crippen LogP contribution is 2.35. The first-order valence-corrected chi connectivity index (χ1v) is 6.44. The lowest BCUT2D eigenvalue weighted by Crippen LogP contribution is -2.10. The quantitative estimate of drug-likeness (QED) is 0.628. The Morgan fingerprint density at radius 3 is 2.68 bits per heavy atom. The lowest BCUT2D eigenvalue weighted by Gasteiger charge is -2.11. The third-order valence-corrected chi connectivity index (χ3v) is 3.52. The van der Waals surface area contributed by atoms with Gasteiger partial charge in [0, 0.05) is 19.2 Å². The number of nitrogens with zero attached hydrogens (tertiary/aromatic N) is 2. The van der Waals surface area contributed by atoms with Crippen molar-refractivity contribution in [2.75, 3.05) is 20.2 Å². The molecule has 0 spiro atoms. The van der Waals surface area contributed by atoms with E-state index < -0.39 is 4.92 Å². The predicted molar refractivity (Wildman–Crippen MR) is 74.5 cm³/mol. The Morgan fingerprint density at radius 1 is 1.42 bits per heavy atom. The molecule has 1 aliphatic heterocycles. The molecule has 0 saturated carbocycles. The fraction of sp³-hybridized carbons (Fsp3) is 0.385. The van der Waals surface area contributed by atoms with Crippen molar-refractivity contribution in [3.05, 3.63) is 39.0 Å². The largest absolute Gasteiger partial charge is 0.495 e. The zero-order chi connectivity index (χ0) is 13.8. The van der Waals surface area contributed by atoms with E-state index in [9.17, 15) is 10.1 Å². The van der Waals surface area contributed by atoms with Crippen LogP contribution in [0.1, 0.15) is 18.4 Å². The average Bonchev–Trinajstić information content (AvgIpc) is 2.89. The van der Waals surface area contributed by atoms with E-state index in [0.29, 0.717) is 11.3 Å².